The van der Waals surface area contributed by atoms with Crippen LogP contribution in [0.5, 0.6) is 0 Å². The van der Waals surface area contributed by atoms with Crippen molar-refractivity contribution in [1.29, 1.82) is 0 Å². The van der Waals surface area contributed by atoms with Crippen molar-refractivity contribution < 1.29 is 9.90 Å². The Morgan fingerprint density at radius 2 is 1.88 bits per heavy atom. The quantitative estimate of drug-likeness (QED) is 0.888. The van der Waals surface area contributed by atoms with Crippen LogP contribution in [0.25, 0.3) is 10.6 Å². The molecule has 0 aromatic carbocycles. The highest BCUT2D eigenvalue weighted by Crippen LogP contribution is 2.32. The largest absolute Gasteiger partial charge is 0.477 e. The molecule has 2 aromatic rings. The highest BCUT2D eigenvalue weighted by Gasteiger charge is 2.18. The number of aromatic nitrogens is 1. The lowest BCUT2D eigenvalue weighted by atomic mass is 10.3. The van der Waals surface area contributed by atoms with Crippen LogP contribution in [0.15, 0.2) is 12.1 Å². The average molecular weight is 269 g/mol. The lowest BCUT2D eigenvalue weighted by Crippen LogP contribution is -1.94. The molecule has 3 nitrogen and oxygen atoms in total. The van der Waals surface area contributed by atoms with E-state index in [2.05, 4.69) is 4.98 Å². The molecule has 0 spiro atoms. The van der Waals surface area contributed by atoms with Crippen molar-refractivity contribution in [3.8, 4) is 10.6 Å². The Labute approximate surface area is 109 Å². The summed E-state index contributed by atoms with van der Waals surface area (Å²) in [6, 6.07) is 3.89. The maximum atomic E-state index is 11.0. The van der Waals surface area contributed by atoms with Crippen LogP contribution in [0.1, 0.15) is 33.4 Å². The Bertz CT molecular complexity index is 514. The second-order valence-corrected chi connectivity index (χ2v) is 5.62. The summed E-state index contributed by atoms with van der Waals surface area (Å²) in [5.74, 6) is -0.901. The summed E-state index contributed by atoms with van der Waals surface area (Å²) in [7, 11) is 0. The molecule has 0 bridgehead atoms. The van der Waals surface area contributed by atoms with Gasteiger partial charge in [-0.2, -0.15) is 0 Å². The molecule has 0 saturated heterocycles. The molecule has 0 radical (unpaired) electrons. The van der Waals surface area contributed by atoms with E-state index < -0.39 is 5.97 Å². The van der Waals surface area contributed by atoms with Gasteiger partial charge in [-0.15, -0.1) is 22.7 Å². The van der Waals surface area contributed by atoms with Crippen LogP contribution in [-0.2, 0) is 0 Å². The fourth-order valence-corrected chi connectivity index (χ4v) is 3.00. The fourth-order valence-electron chi connectivity index (χ4n) is 1.30. The van der Waals surface area contributed by atoms with Crippen molar-refractivity contribution in [2.75, 3.05) is 0 Å². The lowest BCUT2D eigenvalue weighted by molar-refractivity contribution is 0.0703. The van der Waals surface area contributed by atoms with Gasteiger partial charge in [0.05, 0.1) is 9.88 Å². The summed E-state index contributed by atoms with van der Waals surface area (Å²) in [6.07, 6.45) is 0. The molecular formula is C12H15NO2S2. The molecule has 1 N–H and O–H groups in total. The number of nitrogens with zero attached hydrogens (tertiary/aromatic N) is 1. The molecule has 0 aliphatic rings. The Hall–Kier alpha value is -1.20. The normalized spacial score (nSPS) is 9.65. The molecule has 0 amide bonds. The van der Waals surface area contributed by atoms with E-state index in [0.717, 1.165) is 14.8 Å². The van der Waals surface area contributed by atoms with Gasteiger partial charge in [0.15, 0.2) is 0 Å². The molecule has 0 saturated carbocycles. The maximum absolute atomic E-state index is 11.0. The smallest absolute Gasteiger partial charge is 0.348 e. The summed E-state index contributed by atoms with van der Waals surface area (Å²) in [6.45, 7) is 7.81. The first kappa shape index (κ1) is 13.9. The van der Waals surface area contributed by atoms with E-state index in [0.29, 0.717) is 10.6 Å². The predicted octanol–water partition coefficient (Wildman–Crippen LogP) is 4.21. The van der Waals surface area contributed by atoms with Crippen LogP contribution < -0.4 is 0 Å². The van der Waals surface area contributed by atoms with Crippen LogP contribution in [0, 0.1) is 13.8 Å². The number of hydrogen-bond donors (Lipinski definition) is 1. The third-order valence-electron chi connectivity index (χ3n) is 1.90. The molecule has 17 heavy (non-hydrogen) atoms. The number of rotatable bonds is 2. The van der Waals surface area contributed by atoms with Gasteiger partial charge in [0.2, 0.25) is 0 Å². The zero-order valence-electron chi connectivity index (χ0n) is 10.3. The van der Waals surface area contributed by atoms with Gasteiger partial charge in [-0.1, -0.05) is 13.8 Å². The Morgan fingerprint density at radius 1 is 1.24 bits per heavy atom. The van der Waals surface area contributed by atoms with Gasteiger partial charge in [0, 0.05) is 4.88 Å². The zero-order valence-corrected chi connectivity index (χ0v) is 11.9. The summed E-state index contributed by atoms with van der Waals surface area (Å²) in [4.78, 5) is 17.7. The number of carbonyl (C=O) groups is 1. The standard InChI is InChI=1S/C10H9NO2S2.C2H6/c1-5-3-4-7(14-5)8-9(10(12)13)15-6(2)11-8;1-2/h3-4H,1-2H3,(H,12,13);1-2H3. The summed E-state index contributed by atoms with van der Waals surface area (Å²) < 4.78 is 0. The molecule has 2 aromatic heterocycles. The van der Waals surface area contributed by atoms with E-state index in [-0.39, 0.29) is 0 Å². The molecular weight excluding hydrogens is 254 g/mol. The monoisotopic (exact) mass is 269 g/mol. The van der Waals surface area contributed by atoms with Gasteiger partial charge >= 0.3 is 5.97 Å². The molecule has 0 fully saturated rings. The van der Waals surface area contributed by atoms with Crippen LogP contribution in [0.3, 0.4) is 0 Å². The van der Waals surface area contributed by atoms with E-state index in [1.807, 2.05) is 39.8 Å². The first-order valence-electron chi connectivity index (χ1n) is 5.35. The number of aryl methyl sites for hydroxylation is 2. The van der Waals surface area contributed by atoms with E-state index in [1.54, 1.807) is 11.3 Å². The highest BCUT2D eigenvalue weighted by atomic mass is 32.1. The van der Waals surface area contributed by atoms with Crippen LogP contribution in [0.4, 0.5) is 0 Å². The van der Waals surface area contributed by atoms with E-state index in [4.69, 9.17) is 5.11 Å². The minimum absolute atomic E-state index is 0.328. The van der Waals surface area contributed by atoms with Crippen LogP contribution in [-0.4, -0.2) is 16.1 Å². The topological polar surface area (TPSA) is 50.2 Å². The van der Waals surface area contributed by atoms with E-state index >= 15 is 0 Å². The molecule has 0 atom stereocenters. The summed E-state index contributed by atoms with van der Waals surface area (Å²) in [5, 5.41) is 9.81. The van der Waals surface area contributed by atoms with Gasteiger partial charge in [0.1, 0.15) is 10.6 Å². The second-order valence-electron chi connectivity index (χ2n) is 3.13. The maximum Gasteiger partial charge on any atom is 0.348 e. The lowest BCUT2D eigenvalue weighted by Gasteiger charge is -1.92. The Balaban J connectivity index is 0.000000686. The minimum atomic E-state index is -0.901. The number of thiophene rings is 1. The predicted molar refractivity (Wildman–Crippen MR) is 73.2 cm³/mol. The third-order valence-corrected chi connectivity index (χ3v) is 3.87. The fraction of sp³-hybridized carbons (Fsp3) is 0.333. The Kier molecular flexibility index (Phi) is 4.84. The molecule has 5 heteroatoms. The number of carboxylic acid groups (broad SMARTS) is 1. The summed E-state index contributed by atoms with van der Waals surface area (Å²) in [5.41, 5.74) is 0.600. The van der Waals surface area contributed by atoms with Crippen molar-refractivity contribution in [2.24, 2.45) is 0 Å². The van der Waals surface area contributed by atoms with E-state index in [9.17, 15) is 4.79 Å². The van der Waals surface area contributed by atoms with E-state index in [1.165, 1.54) is 11.3 Å². The molecule has 0 unspecified atom stereocenters. The number of thiazole rings is 1. The van der Waals surface area contributed by atoms with Crippen LogP contribution in [0.2, 0.25) is 0 Å². The second kappa shape index (κ2) is 5.93. The van der Waals surface area contributed by atoms with Gasteiger partial charge in [0.25, 0.3) is 0 Å². The van der Waals surface area contributed by atoms with Gasteiger partial charge in [-0.25, -0.2) is 9.78 Å². The molecule has 2 rings (SSSR count). The van der Waals surface area contributed by atoms with Gasteiger partial charge in [-0.05, 0) is 26.0 Å². The first-order valence-corrected chi connectivity index (χ1v) is 6.99. The van der Waals surface area contributed by atoms with Gasteiger partial charge in [-0.3, -0.25) is 0 Å². The van der Waals surface area contributed by atoms with Crippen molar-refractivity contribution >= 4 is 28.6 Å². The van der Waals surface area contributed by atoms with Crippen molar-refractivity contribution in [3.05, 3.63) is 26.9 Å². The van der Waals surface area contributed by atoms with Crippen molar-refractivity contribution in [2.45, 2.75) is 27.7 Å². The number of hydrogen-bond acceptors (Lipinski definition) is 4. The van der Waals surface area contributed by atoms with Crippen LogP contribution >= 0.6 is 22.7 Å². The van der Waals surface area contributed by atoms with Gasteiger partial charge < -0.3 is 5.11 Å². The zero-order chi connectivity index (χ0) is 13.0. The highest BCUT2D eigenvalue weighted by molar-refractivity contribution is 7.17. The Morgan fingerprint density at radius 3 is 2.35 bits per heavy atom. The molecule has 2 heterocycles. The first-order chi connectivity index (χ1) is 8.08. The minimum Gasteiger partial charge on any atom is -0.477 e. The SMILES string of the molecule is CC.Cc1ccc(-c2nc(C)sc2C(=O)O)s1. The van der Waals surface area contributed by atoms with Crippen molar-refractivity contribution in [3.63, 3.8) is 0 Å². The third kappa shape index (κ3) is 3.14. The van der Waals surface area contributed by atoms with Crippen molar-refractivity contribution in [1.82, 2.24) is 4.98 Å². The molecule has 92 valence electrons. The average Bonchev–Trinajstić information content (AvgIpc) is 2.87. The number of aromatic carboxylic acids is 1. The summed E-state index contributed by atoms with van der Waals surface area (Å²) >= 11 is 2.79. The molecule has 0 aliphatic carbocycles. The molecule has 0 aliphatic heterocycles. The number of carboxylic acids is 1.